The van der Waals surface area contributed by atoms with E-state index in [9.17, 15) is 26.3 Å². The van der Waals surface area contributed by atoms with Gasteiger partial charge in [0.05, 0.1) is 16.8 Å². The Morgan fingerprint density at radius 1 is 0.767 bits per heavy atom. The van der Waals surface area contributed by atoms with Gasteiger partial charge in [-0.05, 0) is 31.2 Å². The van der Waals surface area contributed by atoms with Crippen LogP contribution in [0.2, 0.25) is 0 Å². The maximum atomic E-state index is 13.1. The predicted molar refractivity (Wildman–Crippen MR) is 96.4 cm³/mol. The Labute approximate surface area is 165 Å². The van der Waals surface area contributed by atoms with Crippen LogP contribution in [-0.2, 0) is 12.4 Å². The minimum absolute atomic E-state index is 0.0500. The van der Waals surface area contributed by atoms with E-state index in [0.29, 0.717) is 17.8 Å². The molecule has 4 aromatic rings. The number of hydrogen-bond donors (Lipinski definition) is 0. The maximum Gasteiger partial charge on any atom is 0.416 e. The van der Waals surface area contributed by atoms with Gasteiger partial charge in [-0.3, -0.25) is 0 Å². The van der Waals surface area contributed by atoms with E-state index in [1.54, 1.807) is 6.07 Å². The Hall–Kier alpha value is -3.43. The van der Waals surface area contributed by atoms with Crippen LogP contribution in [-0.4, -0.2) is 19.6 Å². The maximum absolute atomic E-state index is 13.1. The second kappa shape index (κ2) is 6.82. The van der Waals surface area contributed by atoms with Gasteiger partial charge in [0.2, 0.25) is 0 Å². The lowest BCUT2D eigenvalue weighted by molar-refractivity contribution is -0.143. The zero-order valence-corrected chi connectivity index (χ0v) is 15.3. The average molecular weight is 422 g/mol. The molecule has 0 aliphatic carbocycles. The SMILES string of the molecule is Cc1ccc(-c2ccnc3nc(-c4cc(C(F)(F)F)cc(C(F)(F)F)c4)nn23)cc1. The van der Waals surface area contributed by atoms with Gasteiger partial charge in [-0.15, -0.1) is 5.10 Å². The molecule has 0 spiro atoms. The first-order valence-corrected chi connectivity index (χ1v) is 8.61. The van der Waals surface area contributed by atoms with E-state index in [1.165, 1.54) is 10.7 Å². The summed E-state index contributed by atoms with van der Waals surface area (Å²) in [6, 6.07) is 10.2. The predicted octanol–water partition coefficient (Wildman–Crippen LogP) is 5.80. The normalized spacial score (nSPS) is 12.5. The number of nitrogens with zero attached hydrogens (tertiary/aromatic N) is 4. The van der Waals surface area contributed by atoms with Crippen LogP contribution in [0.5, 0.6) is 0 Å². The van der Waals surface area contributed by atoms with E-state index in [4.69, 9.17) is 0 Å². The number of benzene rings is 2. The van der Waals surface area contributed by atoms with Crippen molar-refractivity contribution < 1.29 is 26.3 Å². The van der Waals surface area contributed by atoms with Crippen LogP contribution in [0.15, 0.2) is 54.7 Å². The minimum Gasteiger partial charge on any atom is -0.220 e. The van der Waals surface area contributed by atoms with Gasteiger partial charge < -0.3 is 0 Å². The largest absolute Gasteiger partial charge is 0.416 e. The fourth-order valence-corrected chi connectivity index (χ4v) is 2.94. The number of aryl methyl sites for hydroxylation is 1. The molecule has 0 radical (unpaired) electrons. The number of aromatic nitrogens is 4. The smallest absolute Gasteiger partial charge is 0.220 e. The molecule has 0 unspecified atom stereocenters. The Kier molecular flexibility index (Phi) is 4.52. The van der Waals surface area contributed by atoms with E-state index in [2.05, 4.69) is 15.1 Å². The minimum atomic E-state index is -4.96. The molecule has 0 atom stereocenters. The number of hydrogen-bond acceptors (Lipinski definition) is 3. The van der Waals surface area contributed by atoms with Gasteiger partial charge in [0.25, 0.3) is 5.78 Å². The van der Waals surface area contributed by atoms with Crippen molar-refractivity contribution in [3.63, 3.8) is 0 Å². The van der Waals surface area contributed by atoms with Gasteiger partial charge in [-0.25, -0.2) is 4.98 Å². The zero-order chi connectivity index (χ0) is 21.7. The molecule has 4 rings (SSSR count). The highest BCUT2D eigenvalue weighted by atomic mass is 19.4. The number of alkyl halides is 6. The monoisotopic (exact) mass is 422 g/mol. The van der Waals surface area contributed by atoms with Crippen molar-refractivity contribution in [3.05, 3.63) is 71.4 Å². The lowest BCUT2D eigenvalue weighted by atomic mass is 10.0. The quantitative estimate of drug-likeness (QED) is 0.383. The molecule has 2 aromatic carbocycles. The van der Waals surface area contributed by atoms with Crippen molar-refractivity contribution >= 4 is 5.78 Å². The Morgan fingerprint density at radius 3 is 1.93 bits per heavy atom. The van der Waals surface area contributed by atoms with Gasteiger partial charge in [-0.1, -0.05) is 29.8 Å². The molecule has 154 valence electrons. The summed E-state index contributed by atoms with van der Waals surface area (Å²) in [4.78, 5) is 8.06. The first kappa shape index (κ1) is 19.9. The summed E-state index contributed by atoms with van der Waals surface area (Å²) in [5.74, 6) is -0.243. The van der Waals surface area contributed by atoms with Crippen LogP contribution in [0.25, 0.3) is 28.4 Å². The summed E-state index contributed by atoms with van der Waals surface area (Å²) in [5.41, 5.74) is -0.966. The van der Waals surface area contributed by atoms with Gasteiger partial charge in [0.1, 0.15) is 0 Å². The number of rotatable bonds is 2. The highest BCUT2D eigenvalue weighted by Crippen LogP contribution is 2.38. The number of fused-ring (bicyclic) bond motifs is 1. The molecule has 0 aliphatic heterocycles. The third-order valence-electron chi connectivity index (χ3n) is 4.43. The molecule has 0 N–H and O–H groups in total. The molecular formula is C20H12F6N4. The standard InChI is InChI=1S/C20H12F6N4/c1-11-2-4-12(5-3-11)16-6-7-27-18-28-17(29-30(16)18)13-8-14(19(21,22)23)10-15(9-13)20(24,25)26/h2-10H,1H3. The van der Waals surface area contributed by atoms with E-state index >= 15 is 0 Å². The van der Waals surface area contributed by atoms with E-state index < -0.39 is 29.0 Å². The lowest BCUT2D eigenvalue weighted by Gasteiger charge is -2.13. The molecule has 2 aromatic heterocycles. The van der Waals surface area contributed by atoms with E-state index in [0.717, 1.165) is 11.1 Å². The second-order valence-electron chi connectivity index (χ2n) is 6.64. The molecule has 0 saturated heterocycles. The molecule has 10 heteroatoms. The summed E-state index contributed by atoms with van der Waals surface area (Å²) < 4.78 is 80.2. The van der Waals surface area contributed by atoms with Crippen molar-refractivity contribution in [3.8, 4) is 22.6 Å². The Bertz CT molecular complexity index is 1190. The van der Waals surface area contributed by atoms with Crippen LogP contribution in [0.3, 0.4) is 0 Å². The van der Waals surface area contributed by atoms with Crippen LogP contribution >= 0.6 is 0 Å². The van der Waals surface area contributed by atoms with Gasteiger partial charge in [0, 0.05) is 17.3 Å². The van der Waals surface area contributed by atoms with Gasteiger partial charge in [-0.2, -0.15) is 35.8 Å². The fraction of sp³-hybridized carbons (Fsp3) is 0.150. The Morgan fingerprint density at radius 2 is 1.37 bits per heavy atom. The van der Waals surface area contributed by atoms with Crippen LogP contribution in [0.1, 0.15) is 16.7 Å². The van der Waals surface area contributed by atoms with Crippen molar-refractivity contribution in [2.75, 3.05) is 0 Å². The lowest BCUT2D eigenvalue weighted by Crippen LogP contribution is -2.11. The average Bonchev–Trinajstić information content (AvgIpc) is 3.11. The molecule has 0 amide bonds. The summed E-state index contributed by atoms with van der Waals surface area (Å²) in [7, 11) is 0. The molecule has 2 heterocycles. The first-order chi connectivity index (χ1) is 14.0. The van der Waals surface area contributed by atoms with Crippen molar-refractivity contribution in [2.24, 2.45) is 0 Å². The Balaban J connectivity index is 1.90. The van der Waals surface area contributed by atoms with Gasteiger partial charge >= 0.3 is 12.4 Å². The highest BCUT2D eigenvalue weighted by molar-refractivity contribution is 5.65. The molecule has 0 fully saturated rings. The third-order valence-corrected chi connectivity index (χ3v) is 4.43. The third kappa shape index (κ3) is 3.72. The van der Waals surface area contributed by atoms with E-state index in [1.807, 2.05) is 31.2 Å². The van der Waals surface area contributed by atoms with Crippen molar-refractivity contribution in [1.29, 1.82) is 0 Å². The zero-order valence-electron chi connectivity index (χ0n) is 15.3. The summed E-state index contributed by atoms with van der Waals surface area (Å²) in [6.45, 7) is 1.91. The molecule has 0 aliphatic rings. The first-order valence-electron chi connectivity index (χ1n) is 8.61. The van der Waals surface area contributed by atoms with Crippen molar-refractivity contribution in [2.45, 2.75) is 19.3 Å². The molecule has 30 heavy (non-hydrogen) atoms. The molecule has 0 bridgehead atoms. The number of halogens is 6. The molecule has 4 nitrogen and oxygen atoms in total. The topological polar surface area (TPSA) is 43.1 Å². The van der Waals surface area contributed by atoms with Crippen LogP contribution in [0, 0.1) is 6.92 Å². The van der Waals surface area contributed by atoms with Gasteiger partial charge in [0.15, 0.2) is 5.82 Å². The van der Waals surface area contributed by atoms with Crippen LogP contribution < -0.4 is 0 Å². The van der Waals surface area contributed by atoms with Crippen LogP contribution in [0.4, 0.5) is 26.3 Å². The fourth-order valence-electron chi connectivity index (χ4n) is 2.94. The summed E-state index contributed by atoms with van der Waals surface area (Å²) in [6.07, 6.45) is -8.47. The molecule has 0 saturated carbocycles. The highest BCUT2D eigenvalue weighted by Gasteiger charge is 2.37. The van der Waals surface area contributed by atoms with Crippen molar-refractivity contribution in [1.82, 2.24) is 19.6 Å². The summed E-state index contributed by atoms with van der Waals surface area (Å²) in [5, 5.41) is 4.14. The molecular weight excluding hydrogens is 410 g/mol. The van der Waals surface area contributed by atoms with E-state index in [-0.39, 0.29) is 17.7 Å². The second-order valence-corrected chi connectivity index (χ2v) is 6.64. The summed E-state index contributed by atoms with van der Waals surface area (Å²) >= 11 is 0.